The normalized spacial score (nSPS) is 15.3. The van der Waals surface area contributed by atoms with Crippen molar-refractivity contribution in [3.63, 3.8) is 0 Å². The van der Waals surface area contributed by atoms with Gasteiger partial charge in [-0.25, -0.2) is 4.39 Å². The summed E-state index contributed by atoms with van der Waals surface area (Å²) in [5, 5.41) is 4.31. The third-order valence-electron chi connectivity index (χ3n) is 2.46. The first-order valence-corrected chi connectivity index (χ1v) is 5.79. The zero-order valence-electron chi connectivity index (χ0n) is 9.35. The molecule has 1 atom stereocenters. The Kier molecular flexibility index (Phi) is 3.89. The van der Waals surface area contributed by atoms with Crippen molar-refractivity contribution in [3.05, 3.63) is 15.9 Å². The lowest BCUT2D eigenvalue weighted by Crippen LogP contribution is -2.32. The Morgan fingerprint density at radius 3 is 2.60 bits per heavy atom. The van der Waals surface area contributed by atoms with E-state index in [1.54, 1.807) is 4.68 Å². The SMILES string of the molecule is CCc1nn(C)c(CC(C)(F)CN)c1Br. The van der Waals surface area contributed by atoms with Gasteiger partial charge in [-0.2, -0.15) is 5.10 Å². The number of halogens is 2. The van der Waals surface area contributed by atoms with Crippen molar-refractivity contribution in [1.82, 2.24) is 9.78 Å². The van der Waals surface area contributed by atoms with Crippen LogP contribution in [0.1, 0.15) is 25.2 Å². The molecule has 0 spiro atoms. The Balaban J connectivity index is 2.99. The van der Waals surface area contributed by atoms with Crippen LogP contribution in [-0.2, 0) is 19.9 Å². The molecule has 15 heavy (non-hydrogen) atoms. The molecule has 1 unspecified atom stereocenters. The minimum absolute atomic E-state index is 0.0199. The van der Waals surface area contributed by atoms with Crippen LogP contribution in [0.3, 0.4) is 0 Å². The molecule has 0 aliphatic carbocycles. The summed E-state index contributed by atoms with van der Waals surface area (Å²) in [5.41, 5.74) is 5.82. The van der Waals surface area contributed by atoms with Crippen LogP contribution < -0.4 is 5.73 Å². The Bertz CT molecular complexity index is 347. The molecule has 0 bridgehead atoms. The lowest BCUT2D eigenvalue weighted by atomic mass is 10.0. The van der Waals surface area contributed by atoms with Gasteiger partial charge in [0.05, 0.1) is 15.9 Å². The summed E-state index contributed by atoms with van der Waals surface area (Å²) in [5.74, 6) is 0. The van der Waals surface area contributed by atoms with Crippen LogP contribution >= 0.6 is 15.9 Å². The molecule has 0 saturated carbocycles. The van der Waals surface area contributed by atoms with Crippen molar-refractivity contribution in [2.24, 2.45) is 12.8 Å². The number of aromatic nitrogens is 2. The third kappa shape index (κ3) is 2.78. The van der Waals surface area contributed by atoms with E-state index in [1.807, 2.05) is 14.0 Å². The molecule has 86 valence electrons. The molecule has 0 radical (unpaired) electrons. The van der Waals surface area contributed by atoms with Crippen LogP contribution in [0.15, 0.2) is 4.47 Å². The molecule has 5 heteroatoms. The zero-order chi connectivity index (χ0) is 11.6. The van der Waals surface area contributed by atoms with Crippen LogP contribution in [0.4, 0.5) is 4.39 Å². The second-order valence-electron chi connectivity index (χ2n) is 3.98. The Hall–Kier alpha value is -0.420. The van der Waals surface area contributed by atoms with E-state index in [9.17, 15) is 4.39 Å². The first-order chi connectivity index (χ1) is 6.91. The summed E-state index contributed by atoms with van der Waals surface area (Å²) in [4.78, 5) is 0. The van der Waals surface area contributed by atoms with Gasteiger partial charge in [0.1, 0.15) is 5.67 Å². The van der Waals surface area contributed by atoms with Gasteiger partial charge in [0, 0.05) is 20.0 Å². The van der Waals surface area contributed by atoms with Crippen molar-refractivity contribution in [3.8, 4) is 0 Å². The van der Waals surface area contributed by atoms with Crippen LogP contribution in [0.2, 0.25) is 0 Å². The summed E-state index contributed by atoms with van der Waals surface area (Å²) >= 11 is 3.45. The van der Waals surface area contributed by atoms with Gasteiger partial charge in [-0.15, -0.1) is 0 Å². The van der Waals surface area contributed by atoms with Crippen LogP contribution in [0, 0.1) is 0 Å². The highest BCUT2D eigenvalue weighted by Gasteiger charge is 2.26. The summed E-state index contributed by atoms with van der Waals surface area (Å²) in [6, 6.07) is 0. The lowest BCUT2D eigenvalue weighted by Gasteiger charge is -2.17. The molecule has 1 aromatic rings. The standard InChI is InChI=1S/C10H17BrFN3/c1-4-7-9(11)8(15(3)14-7)5-10(2,12)6-13/h4-6,13H2,1-3H3. The number of nitrogens with two attached hydrogens (primary N) is 1. The summed E-state index contributed by atoms with van der Waals surface area (Å²) in [7, 11) is 1.83. The van der Waals surface area contributed by atoms with Gasteiger partial charge in [-0.05, 0) is 29.3 Å². The molecule has 0 aliphatic rings. The minimum Gasteiger partial charge on any atom is -0.328 e. The van der Waals surface area contributed by atoms with Crippen LogP contribution in [0.5, 0.6) is 0 Å². The van der Waals surface area contributed by atoms with Gasteiger partial charge in [-0.1, -0.05) is 6.92 Å². The van der Waals surface area contributed by atoms with Gasteiger partial charge in [-0.3, -0.25) is 4.68 Å². The number of nitrogens with zero attached hydrogens (tertiary/aromatic N) is 2. The quantitative estimate of drug-likeness (QED) is 0.915. The first-order valence-electron chi connectivity index (χ1n) is 5.00. The molecule has 0 saturated heterocycles. The summed E-state index contributed by atoms with van der Waals surface area (Å²) < 4.78 is 16.4. The van der Waals surface area contributed by atoms with Crippen molar-refractivity contribution >= 4 is 15.9 Å². The number of hydrogen-bond acceptors (Lipinski definition) is 2. The number of rotatable bonds is 4. The maximum absolute atomic E-state index is 13.8. The highest BCUT2D eigenvalue weighted by molar-refractivity contribution is 9.10. The number of hydrogen-bond donors (Lipinski definition) is 1. The predicted molar refractivity (Wildman–Crippen MR) is 62.6 cm³/mol. The maximum atomic E-state index is 13.8. The molecule has 0 fully saturated rings. The molecule has 0 aromatic carbocycles. The average Bonchev–Trinajstić information content (AvgIpc) is 2.45. The fourth-order valence-corrected chi connectivity index (χ4v) is 2.19. The van der Waals surface area contributed by atoms with Crippen molar-refractivity contribution in [1.29, 1.82) is 0 Å². The van der Waals surface area contributed by atoms with E-state index in [1.165, 1.54) is 6.92 Å². The third-order valence-corrected chi connectivity index (χ3v) is 3.38. The van der Waals surface area contributed by atoms with E-state index in [0.29, 0.717) is 0 Å². The summed E-state index contributed by atoms with van der Waals surface area (Å²) in [6.45, 7) is 3.55. The number of aryl methyl sites for hydroxylation is 2. The molecule has 0 amide bonds. The molecule has 0 aliphatic heterocycles. The highest BCUT2D eigenvalue weighted by atomic mass is 79.9. The molecular formula is C10H17BrFN3. The maximum Gasteiger partial charge on any atom is 0.125 e. The van der Waals surface area contributed by atoms with Gasteiger partial charge >= 0.3 is 0 Å². The Morgan fingerprint density at radius 1 is 1.60 bits per heavy atom. The molecular weight excluding hydrogens is 261 g/mol. The Labute approximate surface area is 98.0 Å². The van der Waals surface area contributed by atoms with E-state index in [0.717, 1.165) is 22.3 Å². The molecule has 1 rings (SSSR count). The van der Waals surface area contributed by atoms with Gasteiger partial charge in [0.25, 0.3) is 0 Å². The first kappa shape index (κ1) is 12.6. The second-order valence-corrected chi connectivity index (χ2v) is 4.77. The lowest BCUT2D eigenvalue weighted by molar-refractivity contribution is 0.196. The zero-order valence-corrected chi connectivity index (χ0v) is 10.9. The van der Waals surface area contributed by atoms with Gasteiger partial charge < -0.3 is 5.73 Å². The smallest absolute Gasteiger partial charge is 0.125 e. The van der Waals surface area contributed by atoms with Gasteiger partial charge in [0.2, 0.25) is 0 Å². The van der Waals surface area contributed by atoms with Crippen molar-refractivity contribution < 1.29 is 4.39 Å². The molecule has 2 N–H and O–H groups in total. The second kappa shape index (κ2) is 4.61. The molecule has 3 nitrogen and oxygen atoms in total. The predicted octanol–water partition coefficient (Wildman–Crippen LogP) is 1.97. The Morgan fingerprint density at radius 2 is 2.20 bits per heavy atom. The number of alkyl halides is 1. The topological polar surface area (TPSA) is 43.8 Å². The van der Waals surface area contributed by atoms with Crippen molar-refractivity contribution in [2.45, 2.75) is 32.4 Å². The average molecular weight is 278 g/mol. The monoisotopic (exact) mass is 277 g/mol. The van der Waals surface area contributed by atoms with E-state index in [4.69, 9.17) is 5.73 Å². The highest BCUT2D eigenvalue weighted by Crippen LogP contribution is 2.26. The van der Waals surface area contributed by atoms with Crippen LogP contribution in [0.25, 0.3) is 0 Å². The molecule has 1 aromatic heterocycles. The van der Waals surface area contributed by atoms with E-state index >= 15 is 0 Å². The van der Waals surface area contributed by atoms with E-state index < -0.39 is 5.67 Å². The van der Waals surface area contributed by atoms with Crippen LogP contribution in [-0.4, -0.2) is 22.0 Å². The minimum atomic E-state index is -1.37. The van der Waals surface area contributed by atoms with Crippen molar-refractivity contribution in [2.75, 3.05) is 6.54 Å². The largest absolute Gasteiger partial charge is 0.328 e. The molecule has 1 heterocycles. The van der Waals surface area contributed by atoms with E-state index in [2.05, 4.69) is 21.0 Å². The fraction of sp³-hybridized carbons (Fsp3) is 0.700. The van der Waals surface area contributed by atoms with E-state index in [-0.39, 0.29) is 13.0 Å². The fourth-order valence-electron chi connectivity index (χ4n) is 1.43. The summed E-state index contributed by atoms with van der Waals surface area (Å²) in [6.07, 6.45) is 1.12. The van der Waals surface area contributed by atoms with Gasteiger partial charge in [0.15, 0.2) is 0 Å².